The molecule has 1 aliphatic heterocycles. The third-order valence-corrected chi connectivity index (χ3v) is 7.74. The van der Waals surface area contributed by atoms with E-state index in [2.05, 4.69) is 21.8 Å². The van der Waals surface area contributed by atoms with Gasteiger partial charge >= 0.3 is 0 Å². The van der Waals surface area contributed by atoms with E-state index in [-0.39, 0.29) is 10.9 Å². The van der Waals surface area contributed by atoms with E-state index in [1.807, 2.05) is 25.4 Å². The van der Waals surface area contributed by atoms with Crippen molar-refractivity contribution in [3.63, 3.8) is 0 Å². The van der Waals surface area contributed by atoms with Crippen molar-refractivity contribution in [2.24, 2.45) is 5.92 Å². The number of nitrogens with zero attached hydrogens (tertiary/aromatic N) is 3. The second-order valence-corrected chi connectivity index (χ2v) is 9.49. The lowest BCUT2D eigenvalue weighted by atomic mass is 9.93. The summed E-state index contributed by atoms with van der Waals surface area (Å²) in [6, 6.07) is 10.7. The molecule has 0 unspecified atom stereocenters. The van der Waals surface area contributed by atoms with Crippen molar-refractivity contribution in [2.45, 2.75) is 24.3 Å². The number of rotatable bonds is 5. The molecule has 1 N–H and O–H groups in total. The van der Waals surface area contributed by atoms with E-state index < -0.39 is 10.0 Å². The number of aromatic nitrogens is 2. The Balaban J connectivity index is 1.63. The van der Waals surface area contributed by atoms with Crippen LogP contribution in [0.1, 0.15) is 13.3 Å². The fourth-order valence-corrected chi connectivity index (χ4v) is 5.59. The molecule has 0 spiro atoms. The molecule has 1 aromatic carbocycles. The molecular weight excluding hydrogens is 388 g/mol. The van der Waals surface area contributed by atoms with Gasteiger partial charge in [-0.25, -0.2) is 13.4 Å². The zero-order chi connectivity index (χ0) is 20.6. The fourth-order valence-electron chi connectivity index (χ4n) is 4.09. The first-order valence-electron chi connectivity index (χ1n) is 9.71. The largest absolute Gasteiger partial charge is 0.497 e. The quantitative estimate of drug-likeness (QED) is 0.694. The lowest BCUT2D eigenvalue weighted by molar-refractivity contribution is 0.247. The molecule has 3 heterocycles. The molecule has 2 aromatic heterocycles. The van der Waals surface area contributed by atoms with Gasteiger partial charge in [0, 0.05) is 55.7 Å². The summed E-state index contributed by atoms with van der Waals surface area (Å²) >= 11 is 0. The van der Waals surface area contributed by atoms with Crippen LogP contribution in [0, 0.1) is 5.92 Å². The maximum atomic E-state index is 13.3. The topological polar surface area (TPSA) is 78.5 Å². The van der Waals surface area contributed by atoms with Gasteiger partial charge in [-0.1, -0.05) is 13.0 Å². The molecule has 7 nitrogen and oxygen atoms in total. The van der Waals surface area contributed by atoms with Crippen LogP contribution in [0.15, 0.2) is 53.7 Å². The SMILES string of the molecule is COc1cccc(S(=O)(=O)N2CC[C@@H](C)[C@@H](N(C)c3ccnc4[nH]ccc34)C2)c1. The van der Waals surface area contributed by atoms with Crippen molar-refractivity contribution in [3.05, 3.63) is 48.8 Å². The van der Waals surface area contributed by atoms with Gasteiger partial charge in [0.05, 0.1) is 12.0 Å². The van der Waals surface area contributed by atoms with E-state index in [4.69, 9.17) is 4.74 Å². The summed E-state index contributed by atoms with van der Waals surface area (Å²) in [7, 11) is -0.0204. The van der Waals surface area contributed by atoms with Crippen LogP contribution in [0.2, 0.25) is 0 Å². The maximum absolute atomic E-state index is 13.3. The second-order valence-electron chi connectivity index (χ2n) is 7.56. The van der Waals surface area contributed by atoms with Crippen LogP contribution in [-0.2, 0) is 10.0 Å². The van der Waals surface area contributed by atoms with Gasteiger partial charge in [0.2, 0.25) is 10.0 Å². The summed E-state index contributed by atoms with van der Waals surface area (Å²) in [5.74, 6) is 0.899. The van der Waals surface area contributed by atoms with E-state index in [1.165, 1.54) is 7.11 Å². The standard InChI is InChI=1S/C21H26N4O3S/c1-15-9-12-25(29(26,27)17-6-4-5-16(13-17)28-3)14-20(15)24(2)19-8-11-23-21-18(19)7-10-22-21/h4-8,10-11,13,15,20H,9,12,14H2,1-3H3,(H,22,23)/t15-,20+/m1/s1. The first-order valence-corrected chi connectivity index (χ1v) is 11.1. The minimum atomic E-state index is -3.59. The number of nitrogens with one attached hydrogen (secondary N) is 1. The first-order chi connectivity index (χ1) is 13.9. The summed E-state index contributed by atoms with van der Waals surface area (Å²) in [5.41, 5.74) is 1.88. The number of likely N-dealkylation sites (N-methyl/N-ethyl adjacent to an activating group) is 1. The highest BCUT2D eigenvalue weighted by molar-refractivity contribution is 7.89. The smallest absolute Gasteiger partial charge is 0.243 e. The van der Waals surface area contributed by atoms with Crippen molar-refractivity contribution >= 4 is 26.7 Å². The maximum Gasteiger partial charge on any atom is 0.243 e. The number of ether oxygens (including phenoxy) is 1. The molecule has 1 aliphatic rings. The Morgan fingerprint density at radius 3 is 2.90 bits per heavy atom. The van der Waals surface area contributed by atoms with Gasteiger partial charge in [0.1, 0.15) is 11.4 Å². The lowest BCUT2D eigenvalue weighted by Crippen LogP contribution is -2.52. The summed E-state index contributed by atoms with van der Waals surface area (Å²) in [5, 5.41) is 1.04. The molecule has 1 saturated heterocycles. The number of sulfonamides is 1. The Kier molecular flexibility index (Phi) is 5.23. The normalized spacial score (nSPS) is 20.7. The Morgan fingerprint density at radius 2 is 2.10 bits per heavy atom. The van der Waals surface area contributed by atoms with Crippen molar-refractivity contribution in [1.82, 2.24) is 14.3 Å². The number of benzene rings is 1. The number of hydrogen-bond acceptors (Lipinski definition) is 5. The predicted octanol–water partition coefficient (Wildman–Crippen LogP) is 3.11. The molecular formula is C21H26N4O3S. The Morgan fingerprint density at radius 1 is 1.28 bits per heavy atom. The van der Waals surface area contributed by atoms with Crippen molar-refractivity contribution in [1.29, 1.82) is 0 Å². The number of fused-ring (bicyclic) bond motifs is 1. The van der Waals surface area contributed by atoms with Crippen LogP contribution in [0.4, 0.5) is 5.69 Å². The molecule has 154 valence electrons. The van der Waals surface area contributed by atoms with Crippen LogP contribution in [-0.4, -0.2) is 56.0 Å². The van der Waals surface area contributed by atoms with Gasteiger partial charge in [0.15, 0.2) is 0 Å². The van der Waals surface area contributed by atoms with Gasteiger partial charge in [0.25, 0.3) is 0 Å². The van der Waals surface area contributed by atoms with Gasteiger partial charge in [-0.05, 0) is 36.6 Å². The molecule has 4 rings (SSSR count). The van der Waals surface area contributed by atoms with Crippen molar-refractivity contribution < 1.29 is 13.2 Å². The fraction of sp³-hybridized carbons (Fsp3) is 0.381. The number of aromatic amines is 1. The summed E-state index contributed by atoms with van der Waals surface area (Å²) in [4.78, 5) is 9.96. The highest BCUT2D eigenvalue weighted by Crippen LogP contribution is 2.32. The predicted molar refractivity (Wildman–Crippen MR) is 114 cm³/mol. The lowest BCUT2D eigenvalue weighted by Gasteiger charge is -2.42. The van der Waals surface area contributed by atoms with Crippen molar-refractivity contribution in [3.8, 4) is 5.75 Å². The van der Waals surface area contributed by atoms with Gasteiger partial charge in [-0.15, -0.1) is 0 Å². The van der Waals surface area contributed by atoms with E-state index in [0.717, 1.165) is 23.1 Å². The number of pyridine rings is 1. The average molecular weight is 415 g/mol. The third-order valence-electron chi connectivity index (χ3n) is 5.87. The number of H-pyrrole nitrogens is 1. The molecule has 2 atom stereocenters. The van der Waals surface area contributed by atoms with Gasteiger partial charge in [-0.3, -0.25) is 0 Å². The Hall–Kier alpha value is -2.58. The zero-order valence-electron chi connectivity index (χ0n) is 16.9. The molecule has 3 aromatic rings. The van der Waals surface area contributed by atoms with Crippen LogP contribution in [0.25, 0.3) is 11.0 Å². The molecule has 0 bridgehead atoms. The molecule has 1 fully saturated rings. The van der Waals surface area contributed by atoms with E-state index >= 15 is 0 Å². The molecule has 0 saturated carbocycles. The molecule has 0 aliphatic carbocycles. The van der Waals surface area contributed by atoms with Crippen molar-refractivity contribution in [2.75, 3.05) is 32.1 Å². The number of anilines is 1. The monoisotopic (exact) mass is 414 g/mol. The minimum Gasteiger partial charge on any atom is -0.497 e. The third kappa shape index (κ3) is 3.58. The van der Waals surface area contributed by atoms with E-state index in [0.29, 0.717) is 24.8 Å². The molecule has 8 heteroatoms. The van der Waals surface area contributed by atoms with Crippen LogP contribution in [0.3, 0.4) is 0 Å². The minimum absolute atomic E-state index is 0.0598. The van der Waals surface area contributed by atoms with Crippen LogP contribution >= 0.6 is 0 Å². The van der Waals surface area contributed by atoms with Crippen LogP contribution < -0.4 is 9.64 Å². The highest BCUT2D eigenvalue weighted by atomic mass is 32.2. The second kappa shape index (κ2) is 7.68. The first kappa shape index (κ1) is 19.7. The summed E-state index contributed by atoms with van der Waals surface area (Å²) in [6.07, 6.45) is 4.46. The number of methoxy groups -OCH3 is 1. The Bertz CT molecular complexity index is 1110. The summed E-state index contributed by atoms with van der Waals surface area (Å²) in [6.45, 7) is 3.14. The molecule has 0 radical (unpaired) electrons. The molecule has 29 heavy (non-hydrogen) atoms. The van der Waals surface area contributed by atoms with Gasteiger partial charge in [-0.2, -0.15) is 4.31 Å². The van der Waals surface area contributed by atoms with Gasteiger partial charge < -0.3 is 14.6 Å². The average Bonchev–Trinajstić information content (AvgIpc) is 3.22. The summed E-state index contributed by atoms with van der Waals surface area (Å²) < 4.78 is 33.3. The zero-order valence-corrected chi connectivity index (χ0v) is 17.7. The molecule has 0 amide bonds. The van der Waals surface area contributed by atoms with E-state index in [1.54, 1.807) is 34.8 Å². The van der Waals surface area contributed by atoms with E-state index in [9.17, 15) is 8.42 Å². The van der Waals surface area contributed by atoms with Crippen LogP contribution in [0.5, 0.6) is 5.75 Å². The number of piperidine rings is 1. The highest BCUT2D eigenvalue weighted by Gasteiger charge is 2.36. The Labute approximate surface area is 171 Å². The number of hydrogen-bond donors (Lipinski definition) is 1.